The van der Waals surface area contributed by atoms with Gasteiger partial charge in [0.2, 0.25) is 10.0 Å². The number of fused-ring (bicyclic) bond motifs is 1. The fourth-order valence-electron chi connectivity index (χ4n) is 3.31. The van der Waals surface area contributed by atoms with Gasteiger partial charge >= 0.3 is 0 Å². The van der Waals surface area contributed by atoms with Crippen LogP contribution in [0, 0.1) is 11.8 Å². The highest BCUT2D eigenvalue weighted by Gasteiger charge is 2.42. The number of nitrogens with zero attached hydrogens (tertiary/aromatic N) is 2. The molecule has 7 nitrogen and oxygen atoms in total. The number of ether oxygens (including phenoxy) is 1. The SMILES string of the molecule is CS(=O)(=O)N1CC[C@H]2CO[C@H](CNC(=O)c3ccncc3)[C@H]2C1. The zero-order chi connectivity index (χ0) is 16.4. The molecular weight excluding hydrogens is 318 g/mol. The first-order valence-corrected chi connectivity index (χ1v) is 9.55. The van der Waals surface area contributed by atoms with E-state index < -0.39 is 10.0 Å². The van der Waals surface area contributed by atoms with Crippen LogP contribution in [0.2, 0.25) is 0 Å². The summed E-state index contributed by atoms with van der Waals surface area (Å²) in [5, 5.41) is 2.87. The van der Waals surface area contributed by atoms with Gasteiger partial charge in [-0.15, -0.1) is 0 Å². The van der Waals surface area contributed by atoms with Crippen LogP contribution in [0.15, 0.2) is 24.5 Å². The summed E-state index contributed by atoms with van der Waals surface area (Å²) < 4.78 is 30.8. The van der Waals surface area contributed by atoms with E-state index in [4.69, 9.17) is 4.74 Å². The molecule has 2 fully saturated rings. The largest absolute Gasteiger partial charge is 0.376 e. The smallest absolute Gasteiger partial charge is 0.251 e. The van der Waals surface area contributed by atoms with E-state index in [1.807, 2.05) is 0 Å². The summed E-state index contributed by atoms with van der Waals surface area (Å²) in [5.41, 5.74) is 0.552. The second kappa shape index (κ2) is 6.54. The van der Waals surface area contributed by atoms with E-state index in [-0.39, 0.29) is 17.9 Å². The van der Waals surface area contributed by atoms with Crippen molar-refractivity contribution in [1.82, 2.24) is 14.6 Å². The van der Waals surface area contributed by atoms with Crippen LogP contribution in [0.5, 0.6) is 0 Å². The van der Waals surface area contributed by atoms with Crippen molar-refractivity contribution >= 4 is 15.9 Å². The molecule has 0 bridgehead atoms. The van der Waals surface area contributed by atoms with Crippen LogP contribution in [-0.4, -0.2) is 62.2 Å². The molecule has 2 aliphatic heterocycles. The molecule has 0 aromatic carbocycles. The summed E-state index contributed by atoms with van der Waals surface area (Å²) >= 11 is 0. The van der Waals surface area contributed by atoms with Crippen LogP contribution in [0.1, 0.15) is 16.8 Å². The molecule has 1 amide bonds. The van der Waals surface area contributed by atoms with Crippen LogP contribution in [0.25, 0.3) is 0 Å². The lowest BCUT2D eigenvalue weighted by molar-refractivity contribution is 0.0751. The molecule has 2 saturated heterocycles. The number of sulfonamides is 1. The molecule has 0 aliphatic carbocycles. The molecule has 3 heterocycles. The maximum absolute atomic E-state index is 12.1. The third kappa shape index (κ3) is 3.70. The minimum Gasteiger partial charge on any atom is -0.376 e. The highest BCUT2D eigenvalue weighted by atomic mass is 32.2. The molecular formula is C15H21N3O4S. The van der Waals surface area contributed by atoms with Crippen molar-refractivity contribution in [2.45, 2.75) is 12.5 Å². The van der Waals surface area contributed by atoms with Crippen molar-refractivity contribution in [3.05, 3.63) is 30.1 Å². The van der Waals surface area contributed by atoms with E-state index >= 15 is 0 Å². The molecule has 3 rings (SSSR count). The standard InChI is InChI=1S/C15H21N3O4S/c1-23(20,21)18-7-4-12-10-22-14(13(12)9-18)8-17-15(19)11-2-5-16-6-3-11/h2-3,5-6,12-14H,4,7-10H2,1H3,(H,17,19)/t12-,13-,14+/m0/s1. The first-order valence-electron chi connectivity index (χ1n) is 7.70. The number of aromatic nitrogens is 1. The number of pyridine rings is 1. The van der Waals surface area contributed by atoms with Gasteiger partial charge in [0, 0.05) is 43.5 Å². The van der Waals surface area contributed by atoms with Gasteiger partial charge in [-0.05, 0) is 24.5 Å². The Bertz CT molecular complexity index is 665. The molecule has 8 heteroatoms. The summed E-state index contributed by atoms with van der Waals surface area (Å²) in [6.07, 6.45) is 5.05. The van der Waals surface area contributed by atoms with Crippen LogP contribution in [0.4, 0.5) is 0 Å². The first kappa shape index (κ1) is 16.4. The number of hydrogen-bond donors (Lipinski definition) is 1. The molecule has 0 spiro atoms. The summed E-state index contributed by atoms with van der Waals surface area (Å²) in [5.74, 6) is 0.335. The van der Waals surface area contributed by atoms with Crippen LogP contribution < -0.4 is 5.32 Å². The number of rotatable bonds is 4. The quantitative estimate of drug-likeness (QED) is 0.841. The number of piperidine rings is 1. The van der Waals surface area contributed by atoms with Crippen molar-refractivity contribution in [1.29, 1.82) is 0 Å². The van der Waals surface area contributed by atoms with E-state index in [2.05, 4.69) is 10.3 Å². The average molecular weight is 339 g/mol. The molecule has 3 atom stereocenters. The fraction of sp³-hybridized carbons (Fsp3) is 0.600. The molecule has 1 aromatic heterocycles. The zero-order valence-electron chi connectivity index (χ0n) is 13.0. The van der Waals surface area contributed by atoms with Gasteiger partial charge in [-0.3, -0.25) is 9.78 Å². The number of nitrogens with one attached hydrogen (secondary N) is 1. The lowest BCUT2D eigenvalue weighted by Gasteiger charge is -2.34. The first-order chi connectivity index (χ1) is 10.9. The molecule has 1 aromatic rings. The van der Waals surface area contributed by atoms with Gasteiger partial charge in [0.05, 0.1) is 19.0 Å². The Morgan fingerprint density at radius 1 is 1.43 bits per heavy atom. The van der Waals surface area contributed by atoms with E-state index in [9.17, 15) is 13.2 Å². The lowest BCUT2D eigenvalue weighted by atomic mass is 9.85. The normalized spacial score (nSPS) is 28.3. The number of carbonyl (C=O) groups excluding carboxylic acids is 1. The summed E-state index contributed by atoms with van der Waals surface area (Å²) in [6.45, 7) is 2.05. The van der Waals surface area contributed by atoms with E-state index in [1.54, 1.807) is 24.5 Å². The van der Waals surface area contributed by atoms with Crippen molar-refractivity contribution in [2.24, 2.45) is 11.8 Å². The zero-order valence-corrected chi connectivity index (χ0v) is 13.8. The maximum Gasteiger partial charge on any atom is 0.251 e. The van der Waals surface area contributed by atoms with Crippen LogP contribution in [0.3, 0.4) is 0 Å². The Morgan fingerprint density at radius 2 is 2.17 bits per heavy atom. The minimum atomic E-state index is -3.18. The highest BCUT2D eigenvalue weighted by molar-refractivity contribution is 7.88. The Labute approximate surface area is 136 Å². The lowest BCUT2D eigenvalue weighted by Crippen LogP contribution is -2.47. The van der Waals surface area contributed by atoms with Crippen molar-refractivity contribution < 1.29 is 17.9 Å². The molecule has 0 unspecified atom stereocenters. The van der Waals surface area contributed by atoms with Crippen molar-refractivity contribution in [2.75, 3.05) is 32.5 Å². The van der Waals surface area contributed by atoms with Crippen molar-refractivity contribution in [3.63, 3.8) is 0 Å². The van der Waals surface area contributed by atoms with Gasteiger partial charge < -0.3 is 10.1 Å². The monoisotopic (exact) mass is 339 g/mol. The van der Waals surface area contributed by atoms with Crippen LogP contribution >= 0.6 is 0 Å². The van der Waals surface area contributed by atoms with Gasteiger partial charge in [0.15, 0.2) is 0 Å². The second-order valence-electron chi connectivity index (χ2n) is 6.15. The number of carbonyl (C=O) groups is 1. The van der Waals surface area contributed by atoms with Gasteiger partial charge in [0.1, 0.15) is 0 Å². The molecule has 0 saturated carbocycles. The molecule has 23 heavy (non-hydrogen) atoms. The molecule has 1 N–H and O–H groups in total. The molecule has 0 radical (unpaired) electrons. The van der Waals surface area contributed by atoms with Gasteiger partial charge in [-0.25, -0.2) is 12.7 Å². The average Bonchev–Trinajstić information content (AvgIpc) is 2.95. The molecule has 2 aliphatic rings. The van der Waals surface area contributed by atoms with Crippen LogP contribution in [-0.2, 0) is 14.8 Å². The summed E-state index contributed by atoms with van der Waals surface area (Å²) in [4.78, 5) is 16.0. The Morgan fingerprint density at radius 3 is 2.87 bits per heavy atom. The summed E-state index contributed by atoms with van der Waals surface area (Å²) in [7, 11) is -3.18. The topological polar surface area (TPSA) is 88.6 Å². The van der Waals surface area contributed by atoms with E-state index in [0.717, 1.165) is 6.42 Å². The van der Waals surface area contributed by atoms with E-state index in [0.29, 0.717) is 37.7 Å². The Hall–Kier alpha value is -1.51. The van der Waals surface area contributed by atoms with E-state index in [1.165, 1.54) is 10.6 Å². The summed E-state index contributed by atoms with van der Waals surface area (Å²) in [6, 6.07) is 3.30. The number of hydrogen-bond acceptors (Lipinski definition) is 5. The van der Waals surface area contributed by atoms with Gasteiger partial charge in [-0.2, -0.15) is 0 Å². The maximum atomic E-state index is 12.1. The Balaban J connectivity index is 1.59. The molecule has 126 valence electrons. The fourth-order valence-corrected chi connectivity index (χ4v) is 4.19. The number of amides is 1. The third-order valence-electron chi connectivity index (χ3n) is 4.65. The van der Waals surface area contributed by atoms with Gasteiger partial charge in [-0.1, -0.05) is 0 Å². The highest BCUT2D eigenvalue weighted by Crippen LogP contribution is 2.34. The minimum absolute atomic E-state index is 0.135. The van der Waals surface area contributed by atoms with Crippen molar-refractivity contribution in [3.8, 4) is 0 Å². The Kier molecular flexibility index (Phi) is 4.65. The second-order valence-corrected chi connectivity index (χ2v) is 8.13. The van der Waals surface area contributed by atoms with Gasteiger partial charge in [0.25, 0.3) is 5.91 Å². The predicted molar refractivity (Wildman–Crippen MR) is 84.3 cm³/mol. The third-order valence-corrected chi connectivity index (χ3v) is 5.92. The predicted octanol–water partition coefficient (Wildman–Crippen LogP) is 0.108.